The third kappa shape index (κ3) is 3.23. The summed E-state index contributed by atoms with van der Waals surface area (Å²) < 4.78 is 12.9. The first-order valence-electron chi connectivity index (χ1n) is 7.99. The number of halogens is 1. The molecular formula is C19H18BrN3O4. The summed E-state index contributed by atoms with van der Waals surface area (Å²) in [4.78, 5) is 24.8. The van der Waals surface area contributed by atoms with Crippen molar-refractivity contribution in [2.75, 3.05) is 19.5 Å². The van der Waals surface area contributed by atoms with Crippen molar-refractivity contribution in [3.8, 4) is 11.5 Å². The number of rotatable bonds is 5. The maximum atomic E-state index is 13.0. The molecule has 8 heteroatoms. The molecule has 3 N–H and O–H groups in total. The molecular weight excluding hydrogens is 414 g/mol. The van der Waals surface area contributed by atoms with Gasteiger partial charge in [-0.1, -0.05) is 18.2 Å². The molecule has 3 aromatic rings. The number of nitrogens with one attached hydrogen (secondary N) is 1. The average Bonchev–Trinajstić information content (AvgIpc) is 2.92. The summed E-state index contributed by atoms with van der Waals surface area (Å²) in [6, 6.07) is 10.6. The Morgan fingerprint density at radius 1 is 1.11 bits per heavy atom. The Morgan fingerprint density at radius 3 is 2.33 bits per heavy atom. The highest BCUT2D eigenvalue weighted by Crippen LogP contribution is 2.35. The van der Waals surface area contributed by atoms with Gasteiger partial charge in [-0.05, 0) is 28.1 Å². The Balaban J connectivity index is 2.08. The highest BCUT2D eigenvalue weighted by atomic mass is 79.9. The van der Waals surface area contributed by atoms with Crippen molar-refractivity contribution in [2.45, 2.75) is 0 Å². The second-order valence-corrected chi connectivity index (χ2v) is 6.60. The zero-order chi connectivity index (χ0) is 19.7. The zero-order valence-corrected chi connectivity index (χ0v) is 16.6. The molecule has 0 spiro atoms. The van der Waals surface area contributed by atoms with E-state index in [2.05, 4.69) is 21.2 Å². The van der Waals surface area contributed by atoms with Gasteiger partial charge in [0.05, 0.1) is 29.9 Å². The van der Waals surface area contributed by atoms with Crippen LogP contribution < -0.4 is 20.5 Å². The van der Waals surface area contributed by atoms with Gasteiger partial charge in [0.1, 0.15) is 5.69 Å². The molecule has 2 amide bonds. The van der Waals surface area contributed by atoms with Crippen LogP contribution in [0, 0.1) is 0 Å². The molecule has 0 bridgehead atoms. The maximum absolute atomic E-state index is 13.0. The van der Waals surface area contributed by atoms with Crippen LogP contribution in [0.5, 0.6) is 11.5 Å². The number of nitrogens with zero attached hydrogens (tertiary/aromatic N) is 1. The van der Waals surface area contributed by atoms with Gasteiger partial charge in [-0.25, -0.2) is 0 Å². The number of aryl methyl sites for hydroxylation is 1. The largest absolute Gasteiger partial charge is 0.493 e. The molecule has 0 fully saturated rings. The molecule has 0 aliphatic heterocycles. The molecule has 0 atom stereocenters. The van der Waals surface area contributed by atoms with Crippen LogP contribution in [0.25, 0.3) is 10.9 Å². The average molecular weight is 432 g/mol. The first-order chi connectivity index (χ1) is 12.9. The van der Waals surface area contributed by atoms with Crippen LogP contribution in [0.2, 0.25) is 0 Å². The fourth-order valence-electron chi connectivity index (χ4n) is 2.97. The Bertz CT molecular complexity index is 1020. The molecule has 140 valence electrons. The molecule has 3 rings (SSSR count). The van der Waals surface area contributed by atoms with Crippen molar-refractivity contribution in [1.82, 2.24) is 4.57 Å². The summed E-state index contributed by atoms with van der Waals surface area (Å²) in [5.74, 6) is -0.373. The number of carbonyl (C=O) groups excluding carboxylic acids is 2. The van der Waals surface area contributed by atoms with Crippen molar-refractivity contribution >= 4 is 44.3 Å². The number of carbonyl (C=O) groups is 2. The molecule has 0 saturated carbocycles. The van der Waals surface area contributed by atoms with E-state index in [4.69, 9.17) is 15.2 Å². The SMILES string of the molecule is COc1cc(NC(=O)c2c(Br)c3ccccc3n2C)c(C(N)=O)cc1OC. The van der Waals surface area contributed by atoms with Crippen LogP contribution in [-0.4, -0.2) is 30.6 Å². The Kier molecular flexibility index (Phi) is 5.09. The van der Waals surface area contributed by atoms with Gasteiger partial charge in [0, 0.05) is 24.0 Å². The number of methoxy groups -OCH3 is 2. The number of aromatic nitrogens is 1. The smallest absolute Gasteiger partial charge is 0.273 e. The number of nitrogens with two attached hydrogens (primary N) is 1. The van der Waals surface area contributed by atoms with Crippen molar-refractivity contribution in [3.05, 3.63) is 52.1 Å². The minimum atomic E-state index is -0.692. The van der Waals surface area contributed by atoms with Crippen LogP contribution in [0.4, 0.5) is 5.69 Å². The van der Waals surface area contributed by atoms with E-state index in [0.29, 0.717) is 21.7 Å². The van der Waals surface area contributed by atoms with Crippen molar-refractivity contribution in [3.63, 3.8) is 0 Å². The van der Waals surface area contributed by atoms with Crippen molar-refractivity contribution < 1.29 is 19.1 Å². The predicted molar refractivity (Wildman–Crippen MR) is 107 cm³/mol. The van der Waals surface area contributed by atoms with Gasteiger partial charge in [0.2, 0.25) is 0 Å². The van der Waals surface area contributed by atoms with E-state index in [0.717, 1.165) is 10.9 Å². The number of benzene rings is 2. The predicted octanol–water partition coefficient (Wildman–Crippen LogP) is 3.31. The third-order valence-electron chi connectivity index (χ3n) is 4.30. The van der Waals surface area contributed by atoms with Crippen LogP contribution in [-0.2, 0) is 7.05 Å². The first kappa shape index (κ1) is 18.8. The molecule has 2 aromatic carbocycles. The summed E-state index contributed by atoms with van der Waals surface area (Å²) in [6.45, 7) is 0. The normalized spacial score (nSPS) is 10.7. The van der Waals surface area contributed by atoms with Gasteiger partial charge in [-0.2, -0.15) is 0 Å². The van der Waals surface area contributed by atoms with Crippen LogP contribution in [0.15, 0.2) is 40.9 Å². The summed E-state index contributed by atoms with van der Waals surface area (Å²) in [7, 11) is 4.72. The quantitative estimate of drug-likeness (QED) is 0.647. The van der Waals surface area contributed by atoms with E-state index in [1.807, 2.05) is 24.3 Å². The number of fused-ring (bicyclic) bond motifs is 1. The number of hydrogen-bond donors (Lipinski definition) is 2. The van der Waals surface area contributed by atoms with E-state index in [-0.39, 0.29) is 11.3 Å². The van der Waals surface area contributed by atoms with Crippen LogP contribution in [0.3, 0.4) is 0 Å². The third-order valence-corrected chi connectivity index (χ3v) is 5.10. The van der Waals surface area contributed by atoms with E-state index >= 15 is 0 Å². The van der Waals surface area contributed by atoms with Crippen LogP contribution >= 0.6 is 15.9 Å². The lowest BCUT2D eigenvalue weighted by molar-refractivity contribution is 0.100. The van der Waals surface area contributed by atoms with Gasteiger partial charge >= 0.3 is 0 Å². The molecule has 0 aliphatic rings. The minimum Gasteiger partial charge on any atom is -0.493 e. The zero-order valence-electron chi connectivity index (χ0n) is 15.0. The minimum absolute atomic E-state index is 0.121. The Labute approximate surface area is 164 Å². The van der Waals surface area contributed by atoms with Crippen molar-refractivity contribution in [1.29, 1.82) is 0 Å². The number of hydrogen-bond acceptors (Lipinski definition) is 4. The molecule has 1 heterocycles. The van der Waals surface area contributed by atoms with Gasteiger partial charge in [-0.3, -0.25) is 9.59 Å². The number of para-hydroxylation sites is 1. The van der Waals surface area contributed by atoms with Crippen molar-refractivity contribution in [2.24, 2.45) is 12.8 Å². The van der Waals surface area contributed by atoms with E-state index < -0.39 is 11.8 Å². The lowest BCUT2D eigenvalue weighted by Gasteiger charge is -2.14. The van der Waals surface area contributed by atoms with Gasteiger partial charge < -0.3 is 25.1 Å². The topological polar surface area (TPSA) is 95.6 Å². The van der Waals surface area contributed by atoms with E-state index in [1.54, 1.807) is 11.6 Å². The summed E-state index contributed by atoms with van der Waals surface area (Å²) in [6.07, 6.45) is 0. The Hall–Kier alpha value is -3.00. The fraction of sp³-hybridized carbons (Fsp3) is 0.158. The molecule has 0 saturated heterocycles. The monoisotopic (exact) mass is 431 g/mol. The number of primary amides is 1. The Morgan fingerprint density at radius 2 is 1.74 bits per heavy atom. The summed E-state index contributed by atoms with van der Waals surface area (Å²) in [5, 5.41) is 3.66. The first-order valence-corrected chi connectivity index (χ1v) is 8.78. The molecule has 0 aliphatic carbocycles. The molecule has 7 nitrogen and oxygen atoms in total. The summed E-state index contributed by atoms with van der Waals surface area (Å²) in [5.41, 5.74) is 7.14. The van der Waals surface area contributed by atoms with E-state index in [1.165, 1.54) is 26.4 Å². The number of anilines is 1. The standard InChI is InChI=1S/C19H18BrN3O4/c1-23-13-7-5-4-6-10(13)16(20)17(23)19(25)22-12-9-15(27-3)14(26-2)8-11(12)18(21)24/h4-9H,1-3H3,(H2,21,24)(H,22,25). The molecule has 0 radical (unpaired) electrons. The van der Waals surface area contributed by atoms with Crippen LogP contribution in [0.1, 0.15) is 20.8 Å². The fourth-order valence-corrected chi connectivity index (χ4v) is 3.75. The molecule has 1 aromatic heterocycles. The lowest BCUT2D eigenvalue weighted by Crippen LogP contribution is -2.20. The number of amides is 2. The number of ether oxygens (including phenoxy) is 2. The lowest BCUT2D eigenvalue weighted by atomic mass is 10.1. The molecule has 27 heavy (non-hydrogen) atoms. The van der Waals surface area contributed by atoms with Gasteiger partial charge in [0.15, 0.2) is 11.5 Å². The molecule has 0 unspecified atom stereocenters. The summed E-state index contributed by atoms with van der Waals surface area (Å²) >= 11 is 3.50. The second-order valence-electron chi connectivity index (χ2n) is 5.81. The highest BCUT2D eigenvalue weighted by Gasteiger charge is 2.22. The van der Waals surface area contributed by atoms with Gasteiger partial charge in [0.25, 0.3) is 11.8 Å². The maximum Gasteiger partial charge on any atom is 0.273 e. The van der Waals surface area contributed by atoms with E-state index in [9.17, 15) is 9.59 Å². The van der Waals surface area contributed by atoms with Gasteiger partial charge in [-0.15, -0.1) is 0 Å². The highest BCUT2D eigenvalue weighted by molar-refractivity contribution is 9.10. The second kappa shape index (κ2) is 7.32.